The van der Waals surface area contributed by atoms with Gasteiger partial charge in [0.1, 0.15) is 6.33 Å². The van der Waals surface area contributed by atoms with Crippen molar-refractivity contribution in [2.45, 2.75) is 0 Å². The second-order valence-electron chi connectivity index (χ2n) is 5.73. The van der Waals surface area contributed by atoms with Gasteiger partial charge >= 0.3 is 0 Å². The molecule has 3 aromatic heterocycles. The first-order valence-corrected chi connectivity index (χ1v) is 8.56. The molecule has 0 saturated heterocycles. The van der Waals surface area contributed by atoms with Crippen LogP contribution in [-0.2, 0) is 0 Å². The van der Waals surface area contributed by atoms with Crippen molar-refractivity contribution in [2.75, 3.05) is 0 Å². The Hall–Kier alpha value is -2.96. The van der Waals surface area contributed by atoms with Gasteiger partial charge in [0.25, 0.3) is 0 Å². The van der Waals surface area contributed by atoms with Crippen LogP contribution in [-0.4, -0.2) is 29.4 Å². The van der Waals surface area contributed by atoms with E-state index in [1.807, 2.05) is 48.5 Å². The van der Waals surface area contributed by atoms with E-state index in [9.17, 15) is 0 Å². The summed E-state index contributed by atoms with van der Waals surface area (Å²) in [7, 11) is 0. The molecule has 5 rings (SSSR count). The van der Waals surface area contributed by atoms with E-state index in [1.165, 1.54) is 0 Å². The normalized spacial score (nSPS) is 11.5. The van der Waals surface area contributed by atoms with Crippen LogP contribution in [0, 0.1) is 0 Å². The van der Waals surface area contributed by atoms with E-state index in [1.54, 1.807) is 21.7 Å². The molecule has 126 valence electrons. The molecule has 0 unspecified atom stereocenters. The van der Waals surface area contributed by atoms with Gasteiger partial charge in [-0.1, -0.05) is 41.4 Å². The third-order valence-electron chi connectivity index (χ3n) is 4.04. The summed E-state index contributed by atoms with van der Waals surface area (Å²) in [6.45, 7) is 0. The van der Waals surface area contributed by atoms with Crippen LogP contribution in [0.15, 0.2) is 61.1 Å². The van der Waals surface area contributed by atoms with Crippen LogP contribution in [0.5, 0.6) is 0 Å². The maximum atomic E-state index is 6.09. The maximum absolute atomic E-state index is 6.09. The van der Waals surface area contributed by atoms with Crippen molar-refractivity contribution in [3.05, 3.63) is 71.1 Å². The monoisotopic (exact) mass is 380 g/mol. The molecular formula is C18H10Cl2N6. The van der Waals surface area contributed by atoms with Crippen molar-refractivity contribution in [3.63, 3.8) is 0 Å². The van der Waals surface area contributed by atoms with Crippen LogP contribution in [0.4, 0.5) is 0 Å². The van der Waals surface area contributed by atoms with E-state index >= 15 is 0 Å². The highest BCUT2D eigenvalue weighted by Gasteiger charge is 2.14. The molecule has 8 heteroatoms. The largest absolute Gasteiger partial charge is 0.216 e. The molecule has 6 nitrogen and oxygen atoms in total. The molecule has 0 radical (unpaired) electrons. The second-order valence-corrected chi connectivity index (χ2v) is 6.60. The maximum Gasteiger partial charge on any atom is 0.182 e. The minimum atomic E-state index is 0.581. The first kappa shape index (κ1) is 15.3. The van der Waals surface area contributed by atoms with Crippen molar-refractivity contribution in [1.82, 2.24) is 29.4 Å². The predicted octanol–water partition coefficient (Wildman–Crippen LogP) is 4.44. The molecule has 3 heterocycles. The minimum Gasteiger partial charge on any atom is -0.216 e. The number of fused-ring (bicyclic) bond motifs is 3. The highest BCUT2D eigenvalue weighted by atomic mass is 35.5. The van der Waals surface area contributed by atoms with E-state index in [0.717, 1.165) is 16.6 Å². The first-order chi connectivity index (χ1) is 12.7. The molecule has 5 aromatic rings. The Balaban J connectivity index is 1.71. The van der Waals surface area contributed by atoms with Crippen molar-refractivity contribution in [3.8, 4) is 17.1 Å². The Kier molecular flexibility index (Phi) is 3.41. The average Bonchev–Trinajstić information content (AvgIpc) is 3.25. The Morgan fingerprint density at radius 3 is 2.50 bits per heavy atom. The predicted molar refractivity (Wildman–Crippen MR) is 101 cm³/mol. The van der Waals surface area contributed by atoms with Gasteiger partial charge in [-0.3, -0.25) is 0 Å². The van der Waals surface area contributed by atoms with E-state index in [4.69, 9.17) is 23.2 Å². The number of hydrogen-bond acceptors (Lipinski definition) is 4. The van der Waals surface area contributed by atoms with Crippen molar-refractivity contribution in [1.29, 1.82) is 0 Å². The van der Waals surface area contributed by atoms with Gasteiger partial charge < -0.3 is 0 Å². The van der Waals surface area contributed by atoms with Gasteiger partial charge in [-0.05, 0) is 30.3 Å². The minimum absolute atomic E-state index is 0.581. The summed E-state index contributed by atoms with van der Waals surface area (Å²) < 4.78 is 3.37. The Labute approximate surface area is 157 Å². The van der Waals surface area contributed by atoms with Gasteiger partial charge in [0.15, 0.2) is 17.1 Å². The molecule has 0 bridgehead atoms. The van der Waals surface area contributed by atoms with Crippen LogP contribution in [0.1, 0.15) is 0 Å². The number of halogens is 2. The fourth-order valence-electron chi connectivity index (χ4n) is 2.87. The van der Waals surface area contributed by atoms with Gasteiger partial charge in [0.2, 0.25) is 0 Å². The Bertz CT molecular complexity index is 1270. The van der Waals surface area contributed by atoms with Gasteiger partial charge in [0.05, 0.1) is 17.3 Å². The first-order valence-electron chi connectivity index (χ1n) is 7.80. The Morgan fingerprint density at radius 2 is 1.69 bits per heavy atom. The molecule has 0 amide bonds. The highest BCUT2D eigenvalue weighted by Crippen LogP contribution is 2.24. The summed E-state index contributed by atoms with van der Waals surface area (Å²) in [6.07, 6.45) is 3.36. The summed E-state index contributed by atoms with van der Waals surface area (Å²) in [6, 6.07) is 14.9. The van der Waals surface area contributed by atoms with Crippen LogP contribution in [0.25, 0.3) is 33.8 Å². The third-order valence-corrected chi connectivity index (χ3v) is 4.51. The number of hydrogen-bond donors (Lipinski definition) is 0. The zero-order chi connectivity index (χ0) is 17.7. The number of aromatic nitrogens is 6. The van der Waals surface area contributed by atoms with E-state index < -0.39 is 0 Å². The summed E-state index contributed by atoms with van der Waals surface area (Å²) >= 11 is 12.2. The van der Waals surface area contributed by atoms with Crippen molar-refractivity contribution in [2.24, 2.45) is 0 Å². The molecule has 2 aromatic carbocycles. The standard InChI is InChI=1S/C18H10Cl2N6/c19-12-4-1-3-11(7-12)16-23-18-15-9-22-26(14-6-2-5-13(20)8-14)17(15)21-10-25(18)24-16/h1-10H. The van der Waals surface area contributed by atoms with Crippen molar-refractivity contribution >= 4 is 39.9 Å². The lowest BCUT2D eigenvalue weighted by molar-refractivity contribution is 0.882. The van der Waals surface area contributed by atoms with E-state index in [2.05, 4.69) is 20.2 Å². The van der Waals surface area contributed by atoms with Crippen LogP contribution >= 0.6 is 23.2 Å². The fraction of sp³-hybridized carbons (Fsp3) is 0. The topological polar surface area (TPSA) is 60.9 Å². The summed E-state index contributed by atoms with van der Waals surface area (Å²) in [5, 5.41) is 11.0. The molecule has 0 N–H and O–H groups in total. The Morgan fingerprint density at radius 1 is 0.885 bits per heavy atom. The molecule has 26 heavy (non-hydrogen) atoms. The molecule has 0 spiro atoms. The summed E-state index contributed by atoms with van der Waals surface area (Å²) in [5.41, 5.74) is 3.04. The van der Waals surface area contributed by atoms with Gasteiger partial charge in [-0.2, -0.15) is 5.10 Å². The zero-order valence-corrected chi connectivity index (χ0v) is 14.7. The second kappa shape index (κ2) is 5.79. The van der Waals surface area contributed by atoms with Gasteiger partial charge in [-0.25, -0.2) is 19.2 Å². The van der Waals surface area contributed by atoms with Gasteiger partial charge in [0, 0.05) is 15.6 Å². The highest BCUT2D eigenvalue weighted by molar-refractivity contribution is 6.31. The zero-order valence-electron chi connectivity index (χ0n) is 13.2. The van der Waals surface area contributed by atoms with Gasteiger partial charge in [-0.15, -0.1) is 5.10 Å². The lowest BCUT2D eigenvalue weighted by Crippen LogP contribution is -1.98. The van der Waals surface area contributed by atoms with Crippen LogP contribution < -0.4 is 0 Å². The van der Waals surface area contributed by atoms with Crippen LogP contribution in [0.3, 0.4) is 0 Å². The number of nitrogens with zero attached hydrogens (tertiary/aromatic N) is 6. The molecule has 0 aliphatic heterocycles. The van der Waals surface area contributed by atoms with Crippen molar-refractivity contribution < 1.29 is 0 Å². The molecule has 0 atom stereocenters. The number of rotatable bonds is 2. The summed E-state index contributed by atoms with van der Waals surface area (Å²) in [4.78, 5) is 9.14. The van der Waals surface area contributed by atoms with E-state index in [-0.39, 0.29) is 0 Å². The average molecular weight is 381 g/mol. The molecular weight excluding hydrogens is 371 g/mol. The fourth-order valence-corrected chi connectivity index (χ4v) is 3.24. The molecule has 0 fully saturated rings. The summed E-state index contributed by atoms with van der Waals surface area (Å²) in [5.74, 6) is 0.581. The van der Waals surface area contributed by atoms with Crippen LogP contribution in [0.2, 0.25) is 10.0 Å². The lowest BCUT2D eigenvalue weighted by atomic mass is 10.2. The quantitative estimate of drug-likeness (QED) is 0.454. The molecule has 0 saturated carbocycles. The third kappa shape index (κ3) is 2.42. The number of benzene rings is 2. The molecule has 0 aliphatic carbocycles. The molecule has 0 aliphatic rings. The SMILES string of the molecule is Clc1cccc(-c2nc3c4cnn(-c5cccc(Cl)c5)c4ncn3n2)c1. The smallest absolute Gasteiger partial charge is 0.182 e. The van der Waals surface area contributed by atoms with E-state index in [0.29, 0.717) is 27.2 Å². The lowest BCUT2D eigenvalue weighted by Gasteiger charge is -2.02.